The van der Waals surface area contributed by atoms with E-state index in [4.69, 9.17) is 15.2 Å². The molecule has 27 heavy (non-hydrogen) atoms. The van der Waals surface area contributed by atoms with Gasteiger partial charge in [-0.1, -0.05) is 12.1 Å². The number of benzene rings is 2. The summed E-state index contributed by atoms with van der Waals surface area (Å²) in [4.78, 5) is 7.78. The van der Waals surface area contributed by atoms with Crippen molar-refractivity contribution < 1.29 is 14.6 Å². The molecule has 0 spiro atoms. The fraction of sp³-hybridized carbons (Fsp3) is 0.150. The standard InChI is InChI=1S/C20H20N4O3/c1-11-18(25)17(20-22-15-6-4-5-7-16(15)23-20)19(21)24(11)12-8-13(26-2)10-14(9-12)27-3/h4-10,25H,21H2,1-3H3,(H,22,23). The summed E-state index contributed by atoms with van der Waals surface area (Å²) in [6.07, 6.45) is 0. The van der Waals surface area contributed by atoms with Crippen molar-refractivity contribution in [2.45, 2.75) is 6.92 Å². The van der Waals surface area contributed by atoms with Gasteiger partial charge in [0.1, 0.15) is 34.5 Å². The lowest BCUT2D eigenvalue weighted by atomic mass is 10.2. The minimum absolute atomic E-state index is 0.0772. The fourth-order valence-electron chi connectivity index (χ4n) is 3.26. The lowest BCUT2D eigenvalue weighted by molar-refractivity contribution is 0.394. The van der Waals surface area contributed by atoms with Crippen LogP contribution in [0.4, 0.5) is 5.82 Å². The van der Waals surface area contributed by atoms with E-state index in [1.165, 1.54) is 0 Å². The predicted octanol–water partition coefficient (Wildman–Crippen LogP) is 3.63. The number of hydrogen-bond acceptors (Lipinski definition) is 5. The van der Waals surface area contributed by atoms with Gasteiger partial charge in [0.05, 0.1) is 36.6 Å². The van der Waals surface area contributed by atoms with Crippen LogP contribution in [0.1, 0.15) is 5.69 Å². The molecule has 0 atom stereocenters. The second-order valence-electron chi connectivity index (χ2n) is 6.20. The van der Waals surface area contributed by atoms with Crippen LogP contribution in [0, 0.1) is 6.92 Å². The molecule has 0 unspecified atom stereocenters. The topological polar surface area (TPSA) is 98.3 Å². The minimum atomic E-state index is 0.0772. The van der Waals surface area contributed by atoms with Gasteiger partial charge in [0.2, 0.25) is 0 Å². The van der Waals surface area contributed by atoms with Crippen LogP contribution < -0.4 is 15.2 Å². The maximum atomic E-state index is 10.8. The molecule has 2 aromatic carbocycles. The summed E-state index contributed by atoms with van der Waals surface area (Å²) in [7, 11) is 3.17. The van der Waals surface area contributed by atoms with Gasteiger partial charge >= 0.3 is 0 Å². The average molecular weight is 364 g/mol. The highest BCUT2D eigenvalue weighted by molar-refractivity contribution is 5.86. The number of nitrogens with two attached hydrogens (primary N) is 1. The molecule has 0 aliphatic heterocycles. The second-order valence-corrected chi connectivity index (χ2v) is 6.20. The van der Waals surface area contributed by atoms with Crippen molar-refractivity contribution in [3.63, 3.8) is 0 Å². The average Bonchev–Trinajstić information content (AvgIpc) is 3.19. The Morgan fingerprint density at radius 2 is 1.74 bits per heavy atom. The molecule has 0 aliphatic carbocycles. The monoisotopic (exact) mass is 364 g/mol. The van der Waals surface area contributed by atoms with Crippen LogP contribution in [0.2, 0.25) is 0 Å². The molecule has 0 fully saturated rings. The molecule has 0 aliphatic rings. The molecule has 4 rings (SSSR count). The number of imidazole rings is 1. The number of nitrogens with one attached hydrogen (secondary N) is 1. The predicted molar refractivity (Wildman–Crippen MR) is 105 cm³/mol. The number of aromatic nitrogens is 3. The Kier molecular flexibility index (Phi) is 3.92. The van der Waals surface area contributed by atoms with Gasteiger partial charge in [-0.25, -0.2) is 4.98 Å². The van der Waals surface area contributed by atoms with Crippen LogP contribution in [-0.4, -0.2) is 33.9 Å². The highest BCUT2D eigenvalue weighted by Gasteiger charge is 2.23. The summed E-state index contributed by atoms with van der Waals surface area (Å²) in [5.74, 6) is 2.22. The number of H-pyrrole nitrogens is 1. The fourth-order valence-corrected chi connectivity index (χ4v) is 3.26. The first-order valence-electron chi connectivity index (χ1n) is 8.41. The van der Waals surface area contributed by atoms with Crippen LogP contribution in [0.3, 0.4) is 0 Å². The van der Waals surface area contributed by atoms with Gasteiger partial charge in [-0.05, 0) is 19.1 Å². The number of rotatable bonds is 4. The summed E-state index contributed by atoms with van der Waals surface area (Å²) in [6, 6.07) is 13.1. The van der Waals surface area contributed by atoms with E-state index in [0.717, 1.165) is 16.7 Å². The van der Waals surface area contributed by atoms with Crippen molar-refractivity contribution in [3.8, 4) is 34.3 Å². The van der Waals surface area contributed by atoms with E-state index >= 15 is 0 Å². The molecule has 7 heteroatoms. The normalized spacial score (nSPS) is 11.1. The molecule has 7 nitrogen and oxygen atoms in total. The number of aromatic amines is 1. The van der Waals surface area contributed by atoms with Gasteiger partial charge in [-0.3, -0.25) is 4.57 Å². The van der Waals surface area contributed by atoms with E-state index < -0.39 is 0 Å². The number of nitrogens with zero attached hydrogens (tertiary/aromatic N) is 2. The van der Waals surface area contributed by atoms with Crippen LogP contribution in [-0.2, 0) is 0 Å². The number of anilines is 1. The third-order valence-corrected chi connectivity index (χ3v) is 4.63. The maximum absolute atomic E-state index is 10.8. The van der Waals surface area contributed by atoms with Crippen LogP contribution >= 0.6 is 0 Å². The zero-order valence-corrected chi connectivity index (χ0v) is 15.3. The Morgan fingerprint density at radius 1 is 1.07 bits per heavy atom. The third kappa shape index (κ3) is 2.64. The molecule has 4 N–H and O–H groups in total. The lowest BCUT2D eigenvalue weighted by Crippen LogP contribution is -2.03. The molecular weight excluding hydrogens is 344 g/mol. The summed E-state index contributed by atoms with van der Waals surface area (Å²) < 4.78 is 12.4. The van der Waals surface area contributed by atoms with Crippen molar-refractivity contribution in [1.82, 2.24) is 14.5 Å². The number of ether oxygens (including phenoxy) is 2. The van der Waals surface area contributed by atoms with Gasteiger partial charge in [0, 0.05) is 18.2 Å². The summed E-state index contributed by atoms with van der Waals surface area (Å²) in [6.45, 7) is 1.80. The zero-order valence-electron chi connectivity index (χ0n) is 15.3. The van der Waals surface area contributed by atoms with Gasteiger partial charge < -0.3 is 25.3 Å². The Bertz CT molecular complexity index is 1090. The first-order valence-corrected chi connectivity index (χ1v) is 8.41. The van der Waals surface area contributed by atoms with Crippen molar-refractivity contribution in [2.24, 2.45) is 0 Å². The van der Waals surface area contributed by atoms with Crippen molar-refractivity contribution in [3.05, 3.63) is 48.2 Å². The summed E-state index contributed by atoms with van der Waals surface area (Å²) in [5, 5.41) is 10.8. The first kappa shape index (κ1) is 16.8. The van der Waals surface area contributed by atoms with Crippen molar-refractivity contribution >= 4 is 16.9 Å². The molecule has 138 valence electrons. The SMILES string of the molecule is COc1cc(OC)cc(-n2c(C)c(O)c(-c3nc4ccccc4[nH]3)c2N)c1. The van der Waals surface area contributed by atoms with Crippen LogP contribution in [0.5, 0.6) is 17.2 Å². The van der Waals surface area contributed by atoms with Crippen molar-refractivity contribution in [1.29, 1.82) is 0 Å². The molecular formula is C20H20N4O3. The van der Waals surface area contributed by atoms with Gasteiger partial charge in [0.15, 0.2) is 0 Å². The van der Waals surface area contributed by atoms with Gasteiger partial charge in [0.25, 0.3) is 0 Å². The molecule has 0 amide bonds. The number of fused-ring (bicyclic) bond motifs is 1. The number of methoxy groups -OCH3 is 2. The second kappa shape index (κ2) is 6.28. The minimum Gasteiger partial charge on any atom is -0.505 e. The molecule has 0 radical (unpaired) electrons. The molecule has 4 aromatic rings. The highest BCUT2D eigenvalue weighted by Crippen LogP contribution is 2.41. The van der Waals surface area contributed by atoms with Crippen molar-refractivity contribution in [2.75, 3.05) is 20.0 Å². The smallest absolute Gasteiger partial charge is 0.149 e. The van der Waals surface area contributed by atoms with E-state index in [-0.39, 0.29) is 5.75 Å². The van der Waals surface area contributed by atoms with Gasteiger partial charge in [-0.15, -0.1) is 0 Å². The highest BCUT2D eigenvalue weighted by atomic mass is 16.5. The quantitative estimate of drug-likeness (QED) is 0.514. The summed E-state index contributed by atoms with van der Waals surface area (Å²) >= 11 is 0. The molecule has 2 heterocycles. The molecule has 0 saturated carbocycles. The zero-order chi connectivity index (χ0) is 19.1. The van der Waals surface area contributed by atoms with E-state index in [1.807, 2.05) is 36.4 Å². The van der Waals surface area contributed by atoms with Crippen LogP contribution in [0.15, 0.2) is 42.5 Å². The third-order valence-electron chi connectivity index (χ3n) is 4.63. The Balaban J connectivity index is 1.93. The number of aromatic hydroxyl groups is 1. The first-order chi connectivity index (χ1) is 13.0. The largest absolute Gasteiger partial charge is 0.505 e. The van der Waals surface area contributed by atoms with E-state index in [2.05, 4.69) is 9.97 Å². The maximum Gasteiger partial charge on any atom is 0.149 e. The number of para-hydroxylation sites is 2. The van der Waals surface area contributed by atoms with E-state index in [0.29, 0.717) is 34.4 Å². The Hall–Kier alpha value is -3.61. The summed E-state index contributed by atoms with van der Waals surface area (Å²) in [5.41, 5.74) is 9.90. The number of nitrogen functional groups attached to an aromatic ring is 1. The van der Waals surface area contributed by atoms with E-state index in [1.54, 1.807) is 31.8 Å². The molecule has 2 aromatic heterocycles. The lowest BCUT2D eigenvalue weighted by Gasteiger charge is -2.12. The van der Waals surface area contributed by atoms with Gasteiger partial charge in [-0.2, -0.15) is 0 Å². The Morgan fingerprint density at radius 3 is 2.37 bits per heavy atom. The van der Waals surface area contributed by atoms with Crippen LogP contribution in [0.25, 0.3) is 28.1 Å². The molecule has 0 saturated heterocycles. The number of hydrogen-bond donors (Lipinski definition) is 3. The Labute approximate surface area is 156 Å². The van der Waals surface area contributed by atoms with E-state index in [9.17, 15) is 5.11 Å². The molecule has 0 bridgehead atoms.